The number of thioether (sulfide) groups is 1. The third kappa shape index (κ3) is 3.50. The molecule has 1 amide bonds. The van der Waals surface area contributed by atoms with Crippen molar-refractivity contribution in [3.63, 3.8) is 0 Å². The fourth-order valence-corrected chi connectivity index (χ4v) is 4.07. The Morgan fingerprint density at radius 3 is 2.75 bits per heavy atom. The quantitative estimate of drug-likeness (QED) is 0.806. The molecule has 0 aliphatic heterocycles. The maximum Gasteiger partial charge on any atom is 0.252 e. The van der Waals surface area contributed by atoms with E-state index in [2.05, 4.69) is 27.5 Å². The van der Waals surface area contributed by atoms with Crippen LogP contribution in [-0.4, -0.2) is 23.5 Å². The third-order valence-electron chi connectivity index (χ3n) is 4.04. The first-order valence-electron chi connectivity index (χ1n) is 6.95. The molecule has 1 aliphatic rings. The number of carbonyl (C=O) groups is 1. The Bertz CT molecular complexity index is 487. The van der Waals surface area contributed by atoms with Gasteiger partial charge in [-0.05, 0) is 47.2 Å². The fourth-order valence-electron chi connectivity index (χ4n) is 2.71. The molecule has 0 bridgehead atoms. The summed E-state index contributed by atoms with van der Waals surface area (Å²) in [6.45, 7) is 0.730. The molecular formula is C15H21BrN2OS. The normalized spacial score (nSPS) is 17.7. The largest absolute Gasteiger partial charge is 0.398 e. The highest BCUT2D eigenvalue weighted by atomic mass is 79.9. The predicted octanol–water partition coefficient (Wildman–Crippen LogP) is 3.83. The molecule has 0 unspecified atom stereocenters. The molecule has 5 heteroatoms. The van der Waals surface area contributed by atoms with Gasteiger partial charge in [0.1, 0.15) is 0 Å². The minimum atomic E-state index is -0.0526. The van der Waals surface area contributed by atoms with Crippen LogP contribution in [0.1, 0.15) is 42.5 Å². The predicted molar refractivity (Wildman–Crippen MR) is 90.2 cm³/mol. The van der Waals surface area contributed by atoms with Crippen LogP contribution in [0.25, 0.3) is 0 Å². The van der Waals surface area contributed by atoms with Gasteiger partial charge in [-0.3, -0.25) is 4.79 Å². The van der Waals surface area contributed by atoms with Crippen LogP contribution in [0.5, 0.6) is 0 Å². The Labute approximate surface area is 133 Å². The van der Waals surface area contributed by atoms with Crippen molar-refractivity contribution in [1.29, 1.82) is 0 Å². The van der Waals surface area contributed by atoms with Crippen LogP contribution in [-0.2, 0) is 0 Å². The lowest BCUT2D eigenvalue weighted by atomic mass is 9.88. The Morgan fingerprint density at radius 2 is 2.10 bits per heavy atom. The lowest BCUT2D eigenvalue weighted by molar-refractivity contribution is 0.0946. The van der Waals surface area contributed by atoms with Crippen molar-refractivity contribution in [1.82, 2.24) is 5.32 Å². The van der Waals surface area contributed by atoms with Crippen molar-refractivity contribution in [3.8, 4) is 0 Å². The minimum Gasteiger partial charge on any atom is -0.398 e. The lowest BCUT2D eigenvalue weighted by Gasteiger charge is -2.35. The molecule has 1 aromatic rings. The molecule has 0 aromatic heterocycles. The van der Waals surface area contributed by atoms with Crippen LogP contribution in [0.15, 0.2) is 22.7 Å². The van der Waals surface area contributed by atoms with Crippen LogP contribution in [0, 0.1) is 0 Å². The number of nitrogens with two attached hydrogens (primary N) is 1. The zero-order valence-corrected chi connectivity index (χ0v) is 14.1. The summed E-state index contributed by atoms with van der Waals surface area (Å²) >= 11 is 5.27. The van der Waals surface area contributed by atoms with Crippen molar-refractivity contribution >= 4 is 39.3 Å². The van der Waals surface area contributed by atoms with Crippen molar-refractivity contribution in [3.05, 3.63) is 28.2 Å². The molecule has 3 N–H and O–H groups in total. The van der Waals surface area contributed by atoms with Crippen LogP contribution in [0.4, 0.5) is 5.69 Å². The smallest absolute Gasteiger partial charge is 0.252 e. The van der Waals surface area contributed by atoms with Crippen LogP contribution in [0.3, 0.4) is 0 Å². The van der Waals surface area contributed by atoms with Gasteiger partial charge in [0.05, 0.1) is 10.0 Å². The van der Waals surface area contributed by atoms with Gasteiger partial charge >= 0.3 is 0 Å². The Hall–Kier alpha value is -0.680. The lowest BCUT2D eigenvalue weighted by Crippen LogP contribution is -2.41. The Morgan fingerprint density at radius 1 is 1.40 bits per heavy atom. The van der Waals surface area contributed by atoms with Gasteiger partial charge < -0.3 is 11.1 Å². The number of nitrogens with one attached hydrogen (secondary N) is 1. The molecule has 0 spiro atoms. The molecule has 1 fully saturated rings. The second-order valence-corrected chi connectivity index (χ2v) is 7.41. The Kier molecular flexibility index (Phi) is 5.38. The summed E-state index contributed by atoms with van der Waals surface area (Å²) in [4.78, 5) is 12.3. The van der Waals surface area contributed by atoms with E-state index in [-0.39, 0.29) is 10.7 Å². The van der Waals surface area contributed by atoms with Crippen molar-refractivity contribution in [2.75, 3.05) is 18.5 Å². The summed E-state index contributed by atoms with van der Waals surface area (Å²) in [7, 11) is 0. The summed E-state index contributed by atoms with van der Waals surface area (Å²) in [5.74, 6) is -0.0526. The molecule has 20 heavy (non-hydrogen) atoms. The van der Waals surface area contributed by atoms with Crippen molar-refractivity contribution in [2.24, 2.45) is 0 Å². The number of hydrogen-bond acceptors (Lipinski definition) is 3. The highest BCUT2D eigenvalue weighted by molar-refractivity contribution is 9.10. The highest BCUT2D eigenvalue weighted by Gasteiger charge is 2.31. The van der Waals surface area contributed by atoms with E-state index < -0.39 is 0 Å². The molecule has 0 saturated heterocycles. The van der Waals surface area contributed by atoms with E-state index in [4.69, 9.17) is 5.73 Å². The van der Waals surface area contributed by atoms with Gasteiger partial charge in [-0.1, -0.05) is 25.3 Å². The molecule has 1 saturated carbocycles. The third-order valence-corrected chi connectivity index (χ3v) is 6.35. The second kappa shape index (κ2) is 6.85. The van der Waals surface area contributed by atoms with Gasteiger partial charge in [0.15, 0.2) is 0 Å². The van der Waals surface area contributed by atoms with E-state index in [0.29, 0.717) is 15.7 Å². The van der Waals surface area contributed by atoms with Crippen LogP contribution >= 0.6 is 27.7 Å². The number of hydrogen-bond donors (Lipinski definition) is 2. The summed E-state index contributed by atoms with van der Waals surface area (Å²) in [5, 5.41) is 3.08. The maximum atomic E-state index is 12.3. The van der Waals surface area contributed by atoms with E-state index in [1.54, 1.807) is 18.2 Å². The first-order valence-corrected chi connectivity index (χ1v) is 8.97. The zero-order valence-electron chi connectivity index (χ0n) is 11.7. The number of halogens is 1. The number of amides is 1. The number of rotatable bonds is 4. The van der Waals surface area contributed by atoms with Crippen molar-refractivity contribution in [2.45, 2.75) is 36.9 Å². The standard InChI is InChI=1S/C15H21BrN2OS/c1-20-15(8-3-2-4-9-15)10-18-14(19)11-6-5-7-12(17)13(11)16/h5-7H,2-4,8-10,17H2,1H3,(H,18,19). The number of carbonyl (C=O) groups excluding carboxylic acids is 1. The molecule has 3 nitrogen and oxygen atoms in total. The summed E-state index contributed by atoms with van der Waals surface area (Å²) in [6.07, 6.45) is 8.36. The van der Waals surface area contributed by atoms with Gasteiger partial charge in [-0.15, -0.1) is 0 Å². The molecule has 2 rings (SSSR count). The maximum absolute atomic E-state index is 12.3. The molecule has 0 radical (unpaired) electrons. The van der Waals surface area contributed by atoms with E-state index in [1.165, 1.54) is 32.1 Å². The summed E-state index contributed by atoms with van der Waals surface area (Å²) in [6, 6.07) is 5.38. The van der Waals surface area contributed by atoms with E-state index in [0.717, 1.165) is 6.54 Å². The molecule has 1 aromatic carbocycles. The second-order valence-electron chi connectivity index (χ2n) is 5.34. The summed E-state index contributed by atoms with van der Waals surface area (Å²) in [5.41, 5.74) is 7.02. The number of anilines is 1. The van der Waals surface area contributed by atoms with E-state index in [1.807, 2.05) is 11.8 Å². The molecule has 1 aliphatic carbocycles. The zero-order chi connectivity index (χ0) is 14.6. The molecular weight excluding hydrogens is 336 g/mol. The number of nitrogen functional groups attached to an aromatic ring is 1. The van der Waals surface area contributed by atoms with Gasteiger partial charge in [0.2, 0.25) is 0 Å². The topological polar surface area (TPSA) is 55.1 Å². The van der Waals surface area contributed by atoms with Gasteiger partial charge in [-0.2, -0.15) is 11.8 Å². The van der Waals surface area contributed by atoms with Gasteiger partial charge in [0.25, 0.3) is 5.91 Å². The first-order chi connectivity index (χ1) is 9.58. The SMILES string of the molecule is CSC1(CNC(=O)c2cccc(N)c2Br)CCCCC1. The highest BCUT2D eigenvalue weighted by Crippen LogP contribution is 2.38. The monoisotopic (exact) mass is 356 g/mol. The van der Waals surface area contributed by atoms with Crippen LogP contribution < -0.4 is 11.1 Å². The van der Waals surface area contributed by atoms with E-state index >= 15 is 0 Å². The van der Waals surface area contributed by atoms with E-state index in [9.17, 15) is 4.79 Å². The average molecular weight is 357 g/mol. The molecule has 0 atom stereocenters. The minimum absolute atomic E-state index is 0.0526. The van der Waals surface area contributed by atoms with Crippen LogP contribution in [0.2, 0.25) is 0 Å². The van der Waals surface area contributed by atoms with Gasteiger partial charge in [0, 0.05) is 17.0 Å². The Balaban J connectivity index is 2.02. The van der Waals surface area contributed by atoms with Gasteiger partial charge in [-0.25, -0.2) is 0 Å². The molecule has 110 valence electrons. The average Bonchev–Trinajstić information content (AvgIpc) is 2.48. The fraction of sp³-hybridized carbons (Fsp3) is 0.533. The molecule has 0 heterocycles. The summed E-state index contributed by atoms with van der Waals surface area (Å²) < 4.78 is 0.889. The van der Waals surface area contributed by atoms with Crippen molar-refractivity contribution < 1.29 is 4.79 Å². The number of benzene rings is 1. The first kappa shape index (κ1) is 15.7.